The van der Waals surface area contributed by atoms with Crippen LogP contribution in [0.2, 0.25) is 0 Å². The first kappa shape index (κ1) is 13.8. The van der Waals surface area contributed by atoms with Crippen molar-refractivity contribution in [3.8, 4) is 6.07 Å². The van der Waals surface area contributed by atoms with Crippen LogP contribution >= 0.6 is 11.3 Å². The van der Waals surface area contributed by atoms with E-state index in [-0.39, 0.29) is 5.41 Å². The second-order valence-corrected chi connectivity index (χ2v) is 7.38. The van der Waals surface area contributed by atoms with Crippen molar-refractivity contribution in [3.05, 3.63) is 11.1 Å². The van der Waals surface area contributed by atoms with Crippen molar-refractivity contribution >= 4 is 16.5 Å². The summed E-state index contributed by atoms with van der Waals surface area (Å²) >= 11 is 1.82. The molecule has 4 nitrogen and oxygen atoms in total. The van der Waals surface area contributed by atoms with Crippen molar-refractivity contribution < 1.29 is 0 Å². The van der Waals surface area contributed by atoms with Gasteiger partial charge in [-0.25, -0.2) is 4.98 Å². The largest absolute Gasteiger partial charge is 0.348 e. The molecule has 2 aliphatic heterocycles. The van der Waals surface area contributed by atoms with Gasteiger partial charge in [-0.1, -0.05) is 0 Å². The maximum atomic E-state index is 9.29. The lowest BCUT2D eigenvalue weighted by molar-refractivity contribution is 0.138. The van der Waals surface area contributed by atoms with E-state index in [1.54, 1.807) is 0 Å². The lowest BCUT2D eigenvalue weighted by Gasteiger charge is -2.35. The van der Waals surface area contributed by atoms with Crippen molar-refractivity contribution in [2.45, 2.75) is 39.2 Å². The minimum atomic E-state index is -0.166. The Kier molecular flexibility index (Phi) is 3.95. The van der Waals surface area contributed by atoms with Gasteiger partial charge in [0.05, 0.1) is 11.5 Å². The van der Waals surface area contributed by atoms with Gasteiger partial charge < -0.3 is 4.90 Å². The second-order valence-electron chi connectivity index (χ2n) is 6.29. The first-order chi connectivity index (χ1) is 9.68. The average molecular weight is 290 g/mol. The summed E-state index contributed by atoms with van der Waals surface area (Å²) in [6.07, 6.45) is 6.77. The number of anilines is 1. The van der Waals surface area contributed by atoms with Gasteiger partial charge in [0.15, 0.2) is 5.13 Å². The molecule has 20 heavy (non-hydrogen) atoms. The van der Waals surface area contributed by atoms with Crippen LogP contribution in [0.1, 0.15) is 37.5 Å². The molecular formula is C15H22N4S. The molecule has 0 spiro atoms. The SMILES string of the molecule is C[C@]1(C#N)CCCN(Cc2cnc(N3CCCC3)s2)C1. The third-order valence-electron chi connectivity index (χ3n) is 4.34. The normalized spacial score (nSPS) is 27.7. The van der Waals surface area contributed by atoms with E-state index in [4.69, 9.17) is 0 Å². The first-order valence-corrected chi connectivity index (χ1v) is 8.33. The topological polar surface area (TPSA) is 43.2 Å². The summed E-state index contributed by atoms with van der Waals surface area (Å²) in [7, 11) is 0. The van der Waals surface area contributed by atoms with Gasteiger partial charge in [0, 0.05) is 37.3 Å². The Balaban J connectivity index is 1.62. The summed E-state index contributed by atoms with van der Waals surface area (Å²) in [5.74, 6) is 0. The Morgan fingerprint density at radius 2 is 2.15 bits per heavy atom. The molecule has 0 N–H and O–H groups in total. The molecule has 2 fully saturated rings. The van der Waals surface area contributed by atoms with E-state index in [1.807, 2.05) is 17.5 Å². The molecule has 0 unspecified atom stereocenters. The minimum Gasteiger partial charge on any atom is -0.348 e. The summed E-state index contributed by atoms with van der Waals surface area (Å²) in [6, 6.07) is 2.48. The fraction of sp³-hybridized carbons (Fsp3) is 0.733. The molecule has 3 rings (SSSR count). The predicted molar refractivity (Wildman–Crippen MR) is 81.8 cm³/mol. The molecule has 0 radical (unpaired) electrons. The van der Waals surface area contributed by atoms with Crippen molar-refractivity contribution in [1.82, 2.24) is 9.88 Å². The number of likely N-dealkylation sites (tertiary alicyclic amines) is 1. The fourth-order valence-corrected chi connectivity index (χ4v) is 4.22. The third-order valence-corrected chi connectivity index (χ3v) is 5.39. The van der Waals surface area contributed by atoms with E-state index in [1.165, 1.54) is 22.9 Å². The molecule has 1 aromatic rings. The highest BCUT2D eigenvalue weighted by molar-refractivity contribution is 7.15. The van der Waals surface area contributed by atoms with Gasteiger partial charge in [-0.05, 0) is 39.2 Å². The van der Waals surface area contributed by atoms with E-state index in [0.717, 1.165) is 45.6 Å². The number of nitrogens with zero attached hydrogens (tertiary/aromatic N) is 4. The van der Waals surface area contributed by atoms with Crippen LogP contribution in [0.4, 0.5) is 5.13 Å². The number of hydrogen-bond donors (Lipinski definition) is 0. The number of piperidine rings is 1. The molecule has 2 aliphatic rings. The quantitative estimate of drug-likeness (QED) is 0.858. The van der Waals surface area contributed by atoms with E-state index >= 15 is 0 Å². The Hall–Kier alpha value is -1.12. The van der Waals surface area contributed by atoms with Gasteiger partial charge >= 0.3 is 0 Å². The summed E-state index contributed by atoms with van der Waals surface area (Å²) in [5, 5.41) is 10.5. The van der Waals surface area contributed by atoms with Gasteiger partial charge in [0.1, 0.15) is 0 Å². The Morgan fingerprint density at radius 3 is 2.90 bits per heavy atom. The smallest absolute Gasteiger partial charge is 0.185 e. The summed E-state index contributed by atoms with van der Waals surface area (Å²) in [5.41, 5.74) is -0.166. The lowest BCUT2D eigenvalue weighted by atomic mass is 9.83. The van der Waals surface area contributed by atoms with E-state index in [2.05, 4.69) is 27.8 Å². The molecule has 0 amide bonds. The van der Waals surface area contributed by atoms with Crippen LogP contribution in [0, 0.1) is 16.7 Å². The van der Waals surface area contributed by atoms with Gasteiger partial charge in [0.2, 0.25) is 0 Å². The molecular weight excluding hydrogens is 268 g/mol. The number of rotatable bonds is 3. The van der Waals surface area contributed by atoms with Crippen LogP contribution in [-0.4, -0.2) is 36.1 Å². The van der Waals surface area contributed by atoms with Crippen LogP contribution in [0.25, 0.3) is 0 Å². The molecule has 0 aliphatic carbocycles. The highest BCUT2D eigenvalue weighted by Gasteiger charge is 2.31. The van der Waals surface area contributed by atoms with Gasteiger partial charge in [-0.3, -0.25) is 4.90 Å². The summed E-state index contributed by atoms with van der Waals surface area (Å²) in [6.45, 7) is 7.34. The summed E-state index contributed by atoms with van der Waals surface area (Å²) in [4.78, 5) is 10.7. The van der Waals surface area contributed by atoms with Crippen molar-refractivity contribution in [2.75, 3.05) is 31.1 Å². The van der Waals surface area contributed by atoms with Crippen LogP contribution < -0.4 is 4.90 Å². The van der Waals surface area contributed by atoms with E-state index < -0.39 is 0 Å². The van der Waals surface area contributed by atoms with Crippen LogP contribution in [0.5, 0.6) is 0 Å². The average Bonchev–Trinajstić information content (AvgIpc) is 3.09. The van der Waals surface area contributed by atoms with Crippen LogP contribution in [-0.2, 0) is 6.54 Å². The first-order valence-electron chi connectivity index (χ1n) is 7.52. The molecule has 0 saturated carbocycles. The minimum absolute atomic E-state index is 0.166. The Morgan fingerprint density at radius 1 is 1.35 bits per heavy atom. The number of thiazole rings is 1. The highest BCUT2D eigenvalue weighted by atomic mass is 32.1. The van der Waals surface area contributed by atoms with Gasteiger partial charge in [-0.2, -0.15) is 5.26 Å². The van der Waals surface area contributed by atoms with Crippen molar-refractivity contribution in [3.63, 3.8) is 0 Å². The standard InChI is InChI=1S/C15H22N4S/c1-15(11-16)5-4-6-18(12-15)10-13-9-17-14(20-13)19-7-2-3-8-19/h9H,2-8,10,12H2,1H3/t15-/m1/s1. The zero-order valence-corrected chi connectivity index (χ0v) is 13.0. The molecule has 5 heteroatoms. The maximum absolute atomic E-state index is 9.29. The van der Waals surface area contributed by atoms with Crippen LogP contribution in [0.3, 0.4) is 0 Å². The van der Waals surface area contributed by atoms with E-state index in [0.29, 0.717) is 0 Å². The molecule has 0 aromatic carbocycles. The maximum Gasteiger partial charge on any atom is 0.185 e. The number of nitriles is 1. The predicted octanol–water partition coefficient (Wildman–Crippen LogP) is 2.87. The second kappa shape index (κ2) is 5.71. The highest BCUT2D eigenvalue weighted by Crippen LogP contribution is 2.31. The lowest BCUT2D eigenvalue weighted by Crippen LogP contribution is -2.40. The molecule has 0 bridgehead atoms. The van der Waals surface area contributed by atoms with Crippen LogP contribution in [0.15, 0.2) is 6.20 Å². The number of aromatic nitrogens is 1. The molecule has 1 atom stereocenters. The fourth-order valence-electron chi connectivity index (χ4n) is 3.22. The Labute approximate surface area is 125 Å². The third kappa shape index (κ3) is 2.97. The molecule has 2 saturated heterocycles. The van der Waals surface area contributed by atoms with Crippen molar-refractivity contribution in [1.29, 1.82) is 5.26 Å². The van der Waals surface area contributed by atoms with Gasteiger partial charge in [0.25, 0.3) is 0 Å². The van der Waals surface area contributed by atoms with E-state index in [9.17, 15) is 5.26 Å². The molecule has 3 heterocycles. The number of hydrogen-bond acceptors (Lipinski definition) is 5. The zero-order valence-electron chi connectivity index (χ0n) is 12.1. The Bertz CT molecular complexity index is 500. The molecule has 1 aromatic heterocycles. The summed E-state index contributed by atoms with van der Waals surface area (Å²) < 4.78 is 0. The molecule has 108 valence electrons. The van der Waals surface area contributed by atoms with Crippen molar-refractivity contribution in [2.24, 2.45) is 5.41 Å². The monoisotopic (exact) mass is 290 g/mol. The zero-order chi connectivity index (χ0) is 14.0. The van der Waals surface area contributed by atoms with Gasteiger partial charge in [-0.15, -0.1) is 11.3 Å².